The van der Waals surface area contributed by atoms with Gasteiger partial charge in [0.25, 0.3) is 11.6 Å². The second kappa shape index (κ2) is 11.3. The van der Waals surface area contributed by atoms with E-state index in [1.54, 1.807) is 37.3 Å². The molecule has 35 heavy (non-hydrogen) atoms. The number of rotatable bonds is 9. The number of anilines is 1. The molecule has 1 amide bonds. The number of esters is 2. The van der Waals surface area contributed by atoms with Crippen molar-refractivity contribution in [2.75, 3.05) is 18.5 Å². The molecule has 178 valence electrons. The minimum Gasteiger partial charge on any atom is -0.462 e. The maximum absolute atomic E-state index is 12.4. The normalized spacial score (nSPS) is 10.2. The minimum absolute atomic E-state index is 0.0462. The summed E-state index contributed by atoms with van der Waals surface area (Å²) in [5, 5.41) is 13.9. The molecule has 0 aliphatic rings. The first-order chi connectivity index (χ1) is 16.8. The molecule has 1 N–H and O–H groups in total. The molecule has 0 unspecified atom stereocenters. The molecule has 3 aromatic carbocycles. The molecule has 3 aromatic rings. The standard InChI is InChI=1S/C25H20N2O8/c1-2-34-24(30)18-12-19(14-21(13-18)27(32)33)25(31)35-15-22(28)16-8-10-20(11-9-16)26-23(29)17-6-4-3-5-7-17/h3-14H,2,15H2,1H3,(H,26,29). The summed E-state index contributed by atoms with van der Waals surface area (Å²) in [6.45, 7) is 0.982. The van der Waals surface area contributed by atoms with E-state index in [1.807, 2.05) is 0 Å². The first kappa shape index (κ1) is 24.8. The van der Waals surface area contributed by atoms with Crippen LogP contribution < -0.4 is 5.32 Å². The van der Waals surface area contributed by atoms with Gasteiger partial charge in [0.2, 0.25) is 0 Å². The summed E-state index contributed by atoms with van der Waals surface area (Å²) < 4.78 is 9.81. The quantitative estimate of drug-likeness (QED) is 0.211. The molecule has 0 bridgehead atoms. The summed E-state index contributed by atoms with van der Waals surface area (Å²) in [6, 6.07) is 17.6. The number of amides is 1. The third-order valence-electron chi connectivity index (χ3n) is 4.71. The minimum atomic E-state index is -1.01. The van der Waals surface area contributed by atoms with Crippen LogP contribution in [0.5, 0.6) is 0 Å². The van der Waals surface area contributed by atoms with E-state index in [0.29, 0.717) is 11.3 Å². The zero-order chi connectivity index (χ0) is 25.4. The van der Waals surface area contributed by atoms with Crippen molar-refractivity contribution in [2.24, 2.45) is 0 Å². The maximum Gasteiger partial charge on any atom is 0.338 e. The molecule has 0 aliphatic heterocycles. The molecule has 0 heterocycles. The highest BCUT2D eigenvalue weighted by Gasteiger charge is 2.20. The van der Waals surface area contributed by atoms with Crippen LogP contribution in [0.1, 0.15) is 48.4 Å². The number of nitro benzene ring substituents is 1. The zero-order valence-corrected chi connectivity index (χ0v) is 18.6. The lowest BCUT2D eigenvalue weighted by Crippen LogP contribution is -2.16. The Morgan fingerprint density at radius 1 is 0.800 bits per heavy atom. The van der Waals surface area contributed by atoms with Crippen molar-refractivity contribution in [1.82, 2.24) is 0 Å². The fraction of sp³-hybridized carbons (Fsp3) is 0.120. The first-order valence-electron chi connectivity index (χ1n) is 10.4. The van der Waals surface area contributed by atoms with Crippen LogP contribution in [-0.2, 0) is 9.47 Å². The van der Waals surface area contributed by atoms with E-state index in [0.717, 1.165) is 18.2 Å². The van der Waals surface area contributed by atoms with Crippen LogP contribution in [0.15, 0.2) is 72.8 Å². The zero-order valence-electron chi connectivity index (χ0n) is 18.6. The van der Waals surface area contributed by atoms with Crippen LogP contribution in [0.3, 0.4) is 0 Å². The number of benzene rings is 3. The summed E-state index contributed by atoms with van der Waals surface area (Å²) in [5.74, 6) is -2.69. The highest BCUT2D eigenvalue weighted by atomic mass is 16.6. The van der Waals surface area contributed by atoms with Crippen LogP contribution >= 0.6 is 0 Å². The average molecular weight is 476 g/mol. The van der Waals surface area contributed by atoms with E-state index in [-0.39, 0.29) is 29.2 Å². The molecular weight excluding hydrogens is 456 g/mol. The first-order valence-corrected chi connectivity index (χ1v) is 10.4. The van der Waals surface area contributed by atoms with Gasteiger partial charge in [0.05, 0.1) is 22.7 Å². The Labute approximate surface area is 199 Å². The topological polar surface area (TPSA) is 142 Å². The van der Waals surface area contributed by atoms with Gasteiger partial charge in [-0.15, -0.1) is 0 Å². The van der Waals surface area contributed by atoms with Gasteiger partial charge in [0.1, 0.15) is 0 Å². The van der Waals surface area contributed by atoms with E-state index in [9.17, 15) is 29.3 Å². The highest BCUT2D eigenvalue weighted by Crippen LogP contribution is 2.19. The summed E-state index contributed by atoms with van der Waals surface area (Å²) in [7, 11) is 0. The van der Waals surface area contributed by atoms with Gasteiger partial charge in [0.15, 0.2) is 12.4 Å². The Balaban J connectivity index is 1.64. The third-order valence-corrected chi connectivity index (χ3v) is 4.71. The molecule has 0 saturated carbocycles. The van der Waals surface area contributed by atoms with Gasteiger partial charge in [-0.05, 0) is 49.4 Å². The number of non-ortho nitro benzene ring substituents is 1. The molecule has 0 radical (unpaired) electrons. The second-order valence-electron chi connectivity index (χ2n) is 7.14. The van der Waals surface area contributed by atoms with Crippen molar-refractivity contribution < 1.29 is 33.6 Å². The number of ketones is 1. The van der Waals surface area contributed by atoms with E-state index in [4.69, 9.17) is 9.47 Å². The lowest BCUT2D eigenvalue weighted by Gasteiger charge is -2.08. The molecule has 0 saturated heterocycles. The van der Waals surface area contributed by atoms with E-state index < -0.39 is 34.9 Å². The molecule has 10 nitrogen and oxygen atoms in total. The van der Waals surface area contributed by atoms with E-state index in [1.165, 1.54) is 24.3 Å². The predicted octanol–water partition coefficient (Wildman–Crippen LogP) is 4.06. The van der Waals surface area contributed by atoms with Crippen molar-refractivity contribution in [3.63, 3.8) is 0 Å². The lowest BCUT2D eigenvalue weighted by atomic mass is 10.1. The monoisotopic (exact) mass is 476 g/mol. The molecule has 0 atom stereocenters. The fourth-order valence-corrected chi connectivity index (χ4v) is 3.00. The van der Waals surface area contributed by atoms with E-state index >= 15 is 0 Å². The van der Waals surface area contributed by atoms with Crippen LogP contribution in [0, 0.1) is 10.1 Å². The number of ether oxygens (including phenoxy) is 2. The average Bonchev–Trinajstić information content (AvgIpc) is 2.87. The fourth-order valence-electron chi connectivity index (χ4n) is 3.00. The molecule has 0 aromatic heterocycles. The lowest BCUT2D eigenvalue weighted by molar-refractivity contribution is -0.384. The van der Waals surface area contributed by atoms with Gasteiger partial charge in [-0.25, -0.2) is 9.59 Å². The summed E-state index contributed by atoms with van der Waals surface area (Å²) in [4.78, 5) is 59.4. The van der Waals surface area contributed by atoms with Crippen LogP contribution in [0.25, 0.3) is 0 Å². The van der Waals surface area contributed by atoms with Gasteiger partial charge in [0, 0.05) is 28.9 Å². The van der Waals surface area contributed by atoms with Crippen molar-refractivity contribution in [1.29, 1.82) is 0 Å². The van der Waals surface area contributed by atoms with Gasteiger partial charge < -0.3 is 14.8 Å². The van der Waals surface area contributed by atoms with Gasteiger partial charge in [-0.2, -0.15) is 0 Å². The molecule has 0 spiro atoms. The Morgan fingerprint density at radius 3 is 1.97 bits per heavy atom. The Morgan fingerprint density at radius 2 is 1.40 bits per heavy atom. The molecule has 10 heteroatoms. The highest BCUT2D eigenvalue weighted by molar-refractivity contribution is 6.05. The van der Waals surface area contributed by atoms with Crippen LogP contribution in [-0.4, -0.2) is 41.8 Å². The predicted molar refractivity (Wildman–Crippen MR) is 125 cm³/mol. The smallest absolute Gasteiger partial charge is 0.338 e. The summed E-state index contributed by atoms with van der Waals surface area (Å²) in [5.41, 5.74) is 0.215. The SMILES string of the molecule is CCOC(=O)c1cc(C(=O)OCC(=O)c2ccc(NC(=O)c3ccccc3)cc2)cc([N+](=O)[O-])c1. The van der Waals surface area contributed by atoms with Crippen molar-refractivity contribution in [3.05, 3.63) is 105 Å². The number of hydrogen-bond donors (Lipinski definition) is 1. The Bertz CT molecular complexity index is 1270. The Hall–Kier alpha value is -4.86. The second-order valence-corrected chi connectivity index (χ2v) is 7.14. The number of nitrogens with one attached hydrogen (secondary N) is 1. The number of Topliss-reactive ketones (excluding diaryl/α,β-unsaturated/α-hetero) is 1. The largest absolute Gasteiger partial charge is 0.462 e. The molecular formula is C25H20N2O8. The number of carbonyl (C=O) groups excluding carboxylic acids is 4. The van der Waals surface area contributed by atoms with Crippen LogP contribution in [0.2, 0.25) is 0 Å². The van der Waals surface area contributed by atoms with Gasteiger partial charge >= 0.3 is 11.9 Å². The Kier molecular flexibility index (Phi) is 8.02. The van der Waals surface area contributed by atoms with Crippen molar-refractivity contribution >= 4 is 35.0 Å². The third kappa shape index (κ3) is 6.57. The van der Waals surface area contributed by atoms with Gasteiger partial charge in [-0.3, -0.25) is 19.7 Å². The van der Waals surface area contributed by atoms with Crippen molar-refractivity contribution in [3.8, 4) is 0 Å². The molecule has 0 aliphatic carbocycles. The number of hydrogen-bond acceptors (Lipinski definition) is 8. The number of nitrogens with zero attached hydrogens (tertiary/aromatic N) is 1. The maximum atomic E-state index is 12.4. The molecule has 0 fully saturated rings. The van der Waals surface area contributed by atoms with Crippen LogP contribution in [0.4, 0.5) is 11.4 Å². The summed E-state index contributed by atoms with van der Waals surface area (Å²) in [6.07, 6.45) is 0. The summed E-state index contributed by atoms with van der Waals surface area (Å²) >= 11 is 0. The molecule has 3 rings (SSSR count). The number of nitro groups is 1. The van der Waals surface area contributed by atoms with Gasteiger partial charge in [-0.1, -0.05) is 18.2 Å². The number of carbonyl (C=O) groups is 4. The van der Waals surface area contributed by atoms with Crippen molar-refractivity contribution in [2.45, 2.75) is 6.92 Å². The van der Waals surface area contributed by atoms with E-state index in [2.05, 4.69) is 5.32 Å².